The van der Waals surface area contributed by atoms with Crippen molar-refractivity contribution in [2.75, 3.05) is 0 Å². The topological polar surface area (TPSA) is 46.2 Å². The molecular weight excluding hydrogens is 294 g/mol. The summed E-state index contributed by atoms with van der Waals surface area (Å²) in [5, 5.41) is 8.93. The second-order valence-electron chi connectivity index (χ2n) is 3.16. The predicted molar refractivity (Wildman–Crippen MR) is 53.1 cm³/mol. The molecule has 16 heavy (non-hydrogen) atoms. The Balaban J connectivity index is 3.06. The SMILES string of the molecule is N[C@@H](c1cccc(F)c1Br)[C@H](O)C(F)(F)F. The number of rotatable bonds is 2. The van der Waals surface area contributed by atoms with Gasteiger partial charge in [-0.05, 0) is 27.6 Å². The lowest BCUT2D eigenvalue weighted by Crippen LogP contribution is -2.39. The van der Waals surface area contributed by atoms with Gasteiger partial charge in [-0.2, -0.15) is 13.2 Å². The molecule has 90 valence electrons. The zero-order valence-corrected chi connectivity index (χ0v) is 9.39. The fraction of sp³-hybridized carbons (Fsp3) is 0.333. The third-order valence-electron chi connectivity index (χ3n) is 2.02. The number of halogens is 5. The first kappa shape index (κ1) is 13.4. The van der Waals surface area contributed by atoms with Gasteiger partial charge in [0.25, 0.3) is 0 Å². The molecule has 7 heteroatoms. The zero-order chi connectivity index (χ0) is 12.5. The van der Waals surface area contributed by atoms with Crippen molar-refractivity contribution in [3.63, 3.8) is 0 Å². The summed E-state index contributed by atoms with van der Waals surface area (Å²) in [5.74, 6) is -0.734. The molecule has 0 saturated heterocycles. The molecule has 1 rings (SSSR count). The minimum Gasteiger partial charge on any atom is -0.382 e. The van der Waals surface area contributed by atoms with Gasteiger partial charge in [0.05, 0.1) is 10.5 Å². The van der Waals surface area contributed by atoms with Crippen molar-refractivity contribution in [2.24, 2.45) is 5.73 Å². The Hall–Kier alpha value is -0.660. The highest BCUT2D eigenvalue weighted by molar-refractivity contribution is 9.10. The Bertz CT molecular complexity index is 382. The van der Waals surface area contributed by atoms with Crippen LogP contribution in [0.15, 0.2) is 22.7 Å². The molecule has 3 N–H and O–H groups in total. The minimum atomic E-state index is -4.84. The van der Waals surface area contributed by atoms with Crippen molar-refractivity contribution in [1.82, 2.24) is 0 Å². The number of aliphatic hydroxyl groups excluding tert-OH is 1. The number of alkyl halides is 3. The molecule has 0 unspecified atom stereocenters. The van der Waals surface area contributed by atoms with Crippen LogP contribution in [0.1, 0.15) is 11.6 Å². The first-order chi connectivity index (χ1) is 7.25. The van der Waals surface area contributed by atoms with E-state index in [1.807, 2.05) is 0 Å². The number of benzene rings is 1. The molecule has 0 amide bonds. The first-order valence-electron chi connectivity index (χ1n) is 4.19. The summed E-state index contributed by atoms with van der Waals surface area (Å²) < 4.78 is 49.4. The summed E-state index contributed by atoms with van der Waals surface area (Å²) in [7, 11) is 0. The second-order valence-corrected chi connectivity index (χ2v) is 3.95. The average molecular weight is 302 g/mol. The van der Waals surface area contributed by atoms with E-state index in [4.69, 9.17) is 10.8 Å². The summed E-state index contributed by atoms with van der Waals surface area (Å²) in [5.41, 5.74) is 5.09. The Morgan fingerprint density at radius 2 is 1.88 bits per heavy atom. The summed E-state index contributed by atoms with van der Waals surface area (Å²) in [6.07, 6.45) is -7.57. The quantitative estimate of drug-likeness (QED) is 0.825. The Kier molecular flexibility index (Phi) is 3.92. The van der Waals surface area contributed by atoms with E-state index < -0.39 is 24.1 Å². The molecule has 0 aliphatic heterocycles. The van der Waals surface area contributed by atoms with Gasteiger partial charge in [0.1, 0.15) is 5.82 Å². The lowest BCUT2D eigenvalue weighted by Gasteiger charge is -2.22. The summed E-state index contributed by atoms with van der Waals surface area (Å²) in [6.45, 7) is 0. The molecule has 1 aromatic rings. The largest absolute Gasteiger partial charge is 0.416 e. The molecule has 0 saturated carbocycles. The van der Waals surface area contributed by atoms with Crippen LogP contribution >= 0.6 is 15.9 Å². The Morgan fingerprint density at radius 3 is 2.38 bits per heavy atom. The van der Waals surface area contributed by atoms with Gasteiger partial charge >= 0.3 is 6.18 Å². The molecule has 0 radical (unpaired) electrons. The normalized spacial score (nSPS) is 15.9. The number of hydrogen-bond donors (Lipinski definition) is 2. The monoisotopic (exact) mass is 301 g/mol. The van der Waals surface area contributed by atoms with Crippen LogP contribution in [0.2, 0.25) is 0 Å². The molecule has 0 aromatic heterocycles. The van der Waals surface area contributed by atoms with E-state index in [0.29, 0.717) is 0 Å². The van der Waals surface area contributed by atoms with Gasteiger partial charge in [0, 0.05) is 0 Å². The van der Waals surface area contributed by atoms with Gasteiger partial charge in [-0.3, -0.25) is 0 Å². The highest BCUT2D eigenvalue weighted by Gasteiger charge is 2.43. The lowest BCUT2D eigenvalue weighted by molar-refractivity contribution is -0.210. The molecule has 0 heterocycles. The highest BCUT2D eigenvalue weighted by atomic mass is 79.9. The molecule has 0 fully saturated rings. The standard InChI is InChI=1S/C9H8BrF4NO/c10-6-4(2-1-3-5(6)11)7(15)8(16)9(12,13)14/h1-3,7-8,16H,15H2/t7-,8-/m0/s1. The van der Waals surface area contributed by atoms with Gasteiger partial charge in [0.15, 0.2) is 6.10 Å². The summed E-state index contributed by atoms with van der Waals surface area (Å²) in [4.78, 5) is 0. The fourth-order valence-electron chi connectivity index (χ4n) is 1.15. The van der Waals surface area contributed by atoms with Crippen molar-refractivity contribution in [1.29, 1.82) is 0 Å². The molecule has 1 aromatic carbocycles. The molecule has 0 aliphatic rings. The van der Waals surface area contributed by atoms with Crippen LogP contribution in [0.4, 0.5) is 17.6 Å². The van der Waals surface area contributed by atoms with E-state index >= 15 is 0 Å². The van der Waals surface area contributed by atoms with Crippen LogP contribution < -0.4 is 5.73 Å². The van der Waals surface area contributed by atoms with Crippen LogP contribution in [0.3, 0.4) is 0 Å². The molecule has 2 atom stereocenters. The van der Waals surface area contributed by atoms with Crippen molar-refractivity contribution in [3.8, 4) is 0 Å². The highest BCUT2D eigenvalue weighted by Crippen LogP contribution is 2.32. The Labute approximate surface area is 97.2 Å². The third kappa shape index (κ3) is 2.72. The average Bonchev–Trinajstić information content (AvgIpc) is 2.18. The minimum absolute atomic E-state index is 0.134. The van der Waals surface area contributed by atoms with E-state index in [1.54, 1.807) is 0 Å². The van der Waals surface area contributed by atoms with Crippen molar-refractivity contribution in [3.05, 3.63) is 34.1 Å². The van der Waals surface area contributed by atoms with E-state index in [9.17, 15) is 17.6 Å². The van der Waals surface area contributed by atoms with Gasteiger partial charge in [-0.15, -0.1) is 0 Å². The van der Waals surface area contributed by atoms with Crippen LogP contribution in [0.25, 0.3) is 0 Å². The summed E-state index contributed by atoms with van der Waals surface area (Å²) in [6, 6.07) is 1.77. The van der Waals surface area contributed by atoms with Crippen LogP contribution in [-0.4, -0.2) is 17.4 Å². The van der Waals surface area contributed by atoms with Crippen molar-refractivity contribution in [2.45, 2.75) is 18.3 Å². The van der Waals surface area contributed by atoms with E-state index in [1.165, 1.54) is 12.1 Å². The number of aliphatic hydroxyl groups is 1. The second kappa shape index (κ2) is 4.68. The van der Waals surface area contributed by atoms with Gasteiger partial charge < -0.3 is 10.8 Å². The van der Waals surface area contributed by atoms with E-state index in [-0.39, 0.29) is 10.0 Å². The van der Waals surface area contributed by atoms with Crippen LogP contribution in [0, 0.1) is 5.82 Å². The lowest BCUT2D eigenvalue weighted by atomic mass is 10.0. The molecule has 2 nitrogen and oxygen atoms in total. The maximum absolute atomic E-state index is 13.0. The van der Waals surface area contributed by atoms with E-state index in [0.717, 1.165) is 6.07 Å². The first-order valence-corrected chi connectivity index (χ1v) is 4.98. The fourth-order valence-corrected chi connectivity index (χ4v) is 1.68. The maximum Gasteiger partial charge on any atom is 0.416 e. The number of hydrogen-bond acceptors (Lipinski definition) is 2. The van der Waals surface area contributed by atoms with Crippen molar-refractivity contribution < 1.29 is 22.7 Å². The van der Waals surface area contributed by atoms with Crippen LogP contribution in [-0.2, 0) is 0 Å². The molecular formula is C9H8BrF4NO. The zero-order valence-electron chi connectivity index (χ0n) is 7.80. The van der Waals surface area contributed by atoms with Crippen LogP contribution in [0.5, 0.6) is 0 Å². The van der Waals surface area contributed by atoms with Gasteiger partial charge in [-0.1, -0.05) is 12.1 Å². The molecule has 0 bridgehead atoms. The van der Waals surface area contributed by atoms with Gasteiger partial charge in [-0.25, -0.2) is 4.39 Å². The maximum atomic E-state index is 13.0. The van der Waals surface area contributed by atoms with E-state index in [2.05, 4.69) is 15.9 Å². The van der Waals surface area contributed by atoms with Crippen molar-refractivity contribution >= 4 is 15.9 Å². The third-order valence-corrected chi connectivity index (χ3v) is 2.85. The molecule has 0 spiro atoms. The predicted octanol–water partition coefficient (Wildman–Crippen LogP) is 2.51. The molecule has 0 aliphatic carbocycles. The smallest absolute Gasteiger partial charge is 0.382 e. The number of nitrogens with two attached hydrogens (primary N) is 1. The van der Waals surface area contributed by atoms with Gasteiger partial charge in [0.2, 0.25) is 0 Å². The summed E-state index contributed by atoms with van der Waals surface area (Å²) >= 11 is 2.78. The Morgan fingerprint density at radius 1 is 1.31 bits per heavy atom.